The topological polar surface area (TPSA) is 21.3 Å². The molecular weight excluding hydrogens is 246 g/mol. The Morgan fingerprint density at radius 1 is 1.25 bits per heavy atom. The minimum absolute atomic E-state index is 0.355. The highest BCUT2D eigenvalue weighted by molar-refractivity contribution is 5.38. The Balaban J connectivity index is 1.84. The number of methoxy groups -OCH3 is 1. The standard InChI is InChI=1S/C18H29NO/c1-14-9-10-18(20-3)17(13-14)15(2)19-12-11-16-7-5-4-6-8-16/h9-10,13,15-16,19H,4-8,11-12H2,1-3H3. The third-order valence-corrected chi connectivity index (χ3v) is 4.58. The van der Waals surface area contributed by atoms with Crippen LogP contribution in [0.25, 0.3) is 0 Å². The van der Waals surface area contributed by atoms with Crippen LogP contribution in [0.5, 0.6) is 5.75 Å². The quantitative estimate of drug-likeness (QED) is 0.817. The highest BCUT2D eigenvalue weighted by atomic mass is 16.5. The van der Waals surface area contributed by atoms with E-state index < -0.39 is 0 Å². The van der Waals surface area contributed by atoms with Gasteiger partial charge in [0.1, 0.15) is 5.75 Å². The molecule has 0 radical (unpaired) electrons. The van der Waals surface area contributed by atoms with E-state index in [1.54, 1.807) is 7.11 Å². The zero-order valence-corrected chi connectivity index (χ0v) is 13.2. The monoisotopic (exact) mass is 275 g/mol. The fourth-order valence-electron chi connectivity index (χ4n) is 3.28. The number of benzene rings is 1. The normalized spacial score (nSPS) is 17.9. The maximum atomic E-state index is 5.48. The van der Waals surface area contributed by atoms with E-state index in [2.05, 4.69) is 37.4 Å². The molecule has 1 aliphatic rings. The molecule has 2 heteroatoms. The van der Waals surface area contributed by atoms with Gasteiger partial charge in [-0.3, -0.25) is 0 Å². The molecule has 0 amide bonds. The predicted octanol–water partition coefficient (Wildman–Crippen LogP) is 4.62. The van der Waals surface area contributed by atoms with E-state index in [0.717, 1.165) is 18.2 Å². The van der Waals surface area contributed by atoms with E-state index in [1.165, 1.54) is 49.7 Å². The Morgan fingerprint density at radius 2 is 2.00 bits per heavy atom. The molecule has 1 fully saturated rings. The second-order valence-electron chi connectivity index (χ2n) is 6.21. The first-order valence-corrected chi connectivity index (χ1v) is 8.08. The predicted molar refractivity (Wildman–Crippen MR) is 85.3 cm³/mol. The second-order valence-corrected chi connectivity index (χ2v) is 6.21. The van der Waals surface area contributed by atoms with Crippen molar-refractivity contribution in [3.63, 3.8) is 0 Å². The molecule has 20 heavy (non-hydrogen) atoms. The molecule has 1 aromatic carbocycles. The molecular formula is C18H29NO. The van der Waals surface area contributed by atoms with Gasteiger partial charge in [0.05, 0.1) is 7.11 Å². The molecule has 0 heterocycles. The van der Waals surface area contributed by atoms with Crippen LogP contribution in [-0.2, 0) is 0 Å². The van der Waals surface area contributed by atoms with Gasteiger partial charge < -0.3 is 10.1 Å². The number of ether oxygens (including phenoxy) is 1. The molecule has 1 aromatic rings. The first kappa shape index (κ1) is 15.4. The Labute approximate surface area is 123 Å². The summed E-state index contributed by atoms with van der Waals surface area (Å²) >= 11 is 0. The molecule has 1 N–H and O–H groups in total. The number of nitrogens with one attached hydrogen (secondary N) is 1. The van der Waals surface area contributed by atoms with Crippen LogP contribution < -0.4 is 10.1 Å². The highest BCUT2D eigenvalue weighted by Crippen LogP contribution is 2.28. The van der Waals surface area contributed by atoms with Gasteiger partial charge in [-0.15, -0.1) is 0 Å². The van der Waals surface area contributed by atoms with Crippen molar-refractivity contribution < 1.29 is 4.74 Å². The summed E-state index contributed by atoms with van der Waals surface area (Å²) in [4.78, 5) is 0. The summed E-state index contributed by atoms with van der Waals surface area (Å²) in [5, 5.41) is 3.67. The van der Waals surface area contributed by atoms with E-state index in [9.17, 15) is 0 Å². The molecule has 0 spiro atoms. The lowest BCUT2D eigenvalue weighted by molar-refractivity contribution is 0.328. The van der Waals surface area contributed by atoms with E-state index in [4.69, 9.17) is 4.74 Å². The largest absolute Gasteiger partial charge is 0.496 e. The van der Waals surface area contributed by atoms with Crippen molar-refractivity contribution in [2.75, 3.05) is 13.7 Å². The van der Waals surface area contributed by atoms with Crippen molar-refractivity contribution in [1.82, 2.24) is 5.32 Å². The lowest BCUT2D eigenvalue weighted by atomic mass is 9.87. The van der Waals surface area contributed by atoms with Gasteiger partial charge in [0, 0.05) is 11.6 Å². The van der Waals surface area contributed by atoms with Crippen LogP contribution in [0.15, 0.2) is 18.2 Å². The number of aryl methyl sites for hydroxylation is 1. The van der Waals surface area contributed by atoms with Crippen molar-refractivity contribution in [1.29, 1.82) is 0 Å². The molecule has 0 aromatic heterocycles. The lowest BCUT2D eigenvalue weighted by Gasteiger charge is -2.23. The molecule has 1 atom stereocenters. The minimum Gasteiger partial charge on any atom is -0.496 e. The third kappa shape index (κ3) is 4.24. The maximum Gasteiger partial charge on any atom is 0.123 e. The Bertz CT molecular complexity index is 410. The molecule has 0 bridgehead atoms. The summed E-state index contributed by atoms with van der Waals surface area (Å²) in [5.41, 5.74) is 2.57. The summed E-state index contributed by atoms with van der Waals surface area (Å²) in [6.07, 6.45) is 8.50. The number of rotatable bonds is 6. The van der Waals surface area contributed by atoms with Crippen molar-refractivity contribution in [3.05, 3.63) is 29.3 Å². The molecule has 1 saturated carbocycles. The molecule has 112 valence electrons. The van der Waals surface area contributed by atoms with Crippen LogP contribution in [0.4, 0.5) is 0 Å². The van der Waals surface area contributed by atoms with Gasteiger partial charge in [-0.2, -0.15) is 0 Å². The van der Waals surface area contributed by atoms with Crippen LogP contribution >= 0.6 is 0 Å². The van der Waals surface area contributed by atoms with Gasteiger partial charge in [0.25, 0.3) is 0 Å². The summed E-state index contributed by atoms with van der Waals surface area (Å²) in [6, 6.07) is 6.77. The summed E-state index contributed by atoms with van der Waals surface area (Å²) in [5.74, 6) is 1.94. The van der Waals surface area contributed by atoms with Gasteiger partial charge in [0.15, 0.2) is 0 Å². The Morgan fingerprint density at radius 3 is 2.70 bits per heavy atom. The first-order valence-electron chi connectivity index (χ1n) is 8.08. The van der Waals surface area contributed by atoms with Gasteiger partial charge in [-0.25, -0.2) is 0 Å². The van der Waals surface area contributed by atoms with E-state index in [-0.39, 0.29) is 0 Å². The van der Waals surface area contributed by atoms with Gasteiger partial charge >= 0.3 is 0 Å². The first-order chi connectivity index (χ1) is 9.70. The fraction of sp³-hybridized carbons (Fsp3) is 0.667. The lowest BCUT2D eigenvalue weighted by Crippen LogP contribution is -2.23. The maximum absolute atomic E-state index is 5.48. The van der Waals surface area contributed by atoms with Crippen LogP contribution in [0.2, 0.25) is 0 Å². The SMILES string of the molecule is COc1ccc(C)cc1C(C)NCCC1CCCCC1. The van der Waals surface area contributed by atoms with Crippen LogP contribution in [-0.4, -0.2) is 13.7 Å². The van der Waals surface area contributed by atoms with Gasteiger partial charge in [-0.1, -0.05) is 49.8 Å². The van der Waals surface area contributed by atoms with Crippen LogP contribution in [0, 0.1) is 12.8 Å². The van der Waals surface area contributed by atoms with Crippen LogP contribution in [0.3, 0.4) is 0 Å². The third-order valence-electron chi connectivity index (χ3n) is 4.58. The van der Waals surface area contributed by atoms with E-state index in [1.807, 2.05) is 0 Å². The van der Waals surface area contributed by atoms with Crippen molar-refractivity contribution >= 4 is 0 Å². The number of hydrogen-bond acceptors (Lipinski definition) is 2. The van der Waals surface area contributed by atoms with Crippen molar-refractivity contribution in [3.8, 4) is 5.75 Å². The Hall–Kier alpha value is -1.02. The fourth-order valence-corrected chi connectivity index (χ4v) is 3.28. The minimum atomic E-state index is 0.355. The molecule has 1 unspecified atom stereocenters. The summed E-state index contributed by atoms with van der Waals surface area (Å²) < 4.78 is 5.48. The van der Waals surface area contributed by atoms with Crippen molar-refractivity contribution in [2.24, 2.45) is 5.92 Å². The van der Waals surface area contributed by atoms with Crippen LogP contribution in [0.1, 0.15) is 62.6 Å². The molecule has 1 aliphatic carbocycles. The smallest absolute Gasteiger partial charge is 0.123 e. The highest BCUT2D eigenvalue weighted by Gasteiger charge is 2.15. The average molecular weight is 275 g/mol. The second kappa shape index (κ2) is 7.68. The van der Waals surface area contributed by atoms with E-state index in [0.29, 0.717) is 6.04 Å². The Kier molecular flexibility index (Phi) is 5.90. The van der Waals surface area contributed by atoms with Crippen molar-refractivity contribution in [2.45, 2.75) is 58.4 Å². The average Bonchev–Trinajstić information content (AvgIpc) is 2.48. The number of hydrogen-bond donors (Lipinski definition) is 1. The zero-order chi connectivity index (χ0) is 14.4. The summed E-state index contributed by atoms with van der Waals surface area (Å²) in [7, 11) is 1.75. The molecule has 2 nitrogen and oxygen atoms in total. The van der Waals surface area contributed by atoms with Gasteiger partial charge in [-0.05, 0) is 38.8 Å². The molecule has 0 aliphatic heterocycles. The molecule has 2 rings (SSSR count). The van der Waals surface area contributed by atoms with Gasteiger partial charge in [0.2, 0.25) is 0 Å². The van der Waals surface area contributed by atoms with E-state index >= 15 is 0 Å². The molecule has 0 saturated heterocycles. The zero-order valence-electron chi connectivity index (χ0n) is 13.2. The summed E-state index contributed by atoms with van der Waals surface area (Å²) in [6.45, 7) is 5.48.